The quantitative estimate of drug-likeness (QED) is 0.904. The molecule has 104 valence electrons. The molecule has 1 heterocycles. The molecule has 2 aromatic rings. The van der Waals surface area contributed by atoms with Crippen LogP contribution in [0.3, 0.4) is 0 Å². The highest BCUT2D eigenvalue weighted by atomic mass is 16.4. The van der Waals surface area contributed by atoms with Crippen molar-refractivity contribution in [2.75, 3.05) is 18.5 Å². The number of nitrogens with zero attached hydrogens (tertiary/aromatic N) is 3. The van der Waals surface area contributed by atoms with Gasteiger partial charge in [-0.05, 0) is 11.5 Å². The van der Waals surface area contributed by atoms with Gasteiger partial charge in [0.25, 0.3) is 0 Å². The van der Waals surface area contributed by atoms with Gasteiger partial charge >= 0.3 is 5.97 Å². The lowest BCUT2D eigenvalue weighted by atomic mass is 10.0. The number of likely N-dealkylation sites (N-methyl/N-ethyl adjacent to an activating group) is 1. The second-order valence-corrected chi connectivity index (χ2v) is 4.76. The van der Waals surface area contributed by atoms with Crippen LogP contribution >= 0.6 is 0 Å². The average molecular weight is 271 g/mol. The van der Waals surface area contributed by atoms with E-state index in [4.69, 9.17) is 5.11 Å². The number of anilines is 1. The van der Waals surface area contributed by atoms with Gasteiger partial charge in [-0.25, -0.2) is 14.8 Å². The van der Waals surface area contributed by atoms with E-state index in [2.05, 4.69) is 29.0 Å². The predicted molar refractivity (Wildman–Crippen MR) is 77.1 cm³/mol. The SMILES string of the molecule is CC(CN(C)c1cnc(C(=O)O)cn1)c1ccccc1. The second kappa shape index (κ2) is 6.14. The molecule has 0 saturated heterocycles. The normalized spacial score (nSPS) is 11.9. The molecule has 1 unspecified atom stereocenters. The first-order valence-corrected chi connectivity index (χ1v) is 6.39. The molecule has 0 bridgehead atoms. The van der Waals surface area contributed by atoms with Crippen molar-refractivity contribution in [1.82, 2.24) is 9.97 Å². The van der Waals surface area contributed by atoms with Crippen LogP contribution in [-0.2, 0) is 0 Å². The molecule has 1 aromatic carbocycles. The number of aromatic nitrogens is 2. The number of rotatable bonds is 5. The second-order valence-electron chi connectivity index (χ2n) is 4.76. The summed E-state index contributed by atoms with van der Waals surface area (Å²) in [5.74, 6) is -0.0516. The molecule has 2 rings (SSSR count). The summed E-state index contributed by atoms with van der Waals surface area (Å²) in [5, 5.41) is 8.79. The van der Waals surface area contributed by atoms with E-state index in [1.165, 1.54) is 18.0 Å². The summed E-state index contributed by atoms with van der Waals surface area (Å²) in [5.41, 5.74) is 1.22. The molecule has 0 fully saturated rings. The number of hydrogen-bond acceptors (Lipinski definition) is 4. The van der Waals surface area contributed by atoms with Gasteiger partial charge in [0.1, 0.15) is 5.82 Å². The first-order valence-electron chi connectivity index (χ1n) is 6.39. The van der Waals surface area contributed by atoms with Gasteiger partial charge in [-0.15, -0.1) is 0 Å². The van der Waals surface area contributed by atoms with E-state index in [1.54, 1.807) is 0 Å². The molecule has 1 N–H and O–H groups in total. The number of aromatic carboxylic acids is 1. The van der Waals surface area contributed by atoms with Gasteiger partial charge in [-0.2, -0.15) is 0 Å². The highest BCUT2D eigenvalue weighted by Crippen LogP contribution is 2.18. The molecule has 1 aromatic heterocycles. The Balaban J connectivity index is 2.04. The van der Waals surface area contributed by atoms with Crippen molar-refractivity contribution in [3.05, 3.63) is 54.0 Å². The van der Waals surface area contributed by atoms with Crippen LogP contribution in [0.2, 0.25) is 0 Å². The standard InChI is InChI=1S/C15H17N3O2/c1-11(12-6-4-3-5-7-12)10-18(2)14-9-16-13(8-17-14)15(19)20/h3-9,11H,10H2,1-2H3,(H,19,20). The number of carboxylic acid groups (broad SMARTS) is 1. The van der Waals surface area contributed by atoms with Crippen LogP contribution in [0.5, 0.6) is 0 Å². The Labute approximate surface area is 117 Å². The maximum absolute atomic E-state index is 10.7. The highest BCUT2D eigenvalue weighted by Gasteiger charge is 2.11. The van der Waals surface area contributed by atoms with E-state index in [-0.39, 0.29) is 5.69 Å². The summed E-state index contributed by atoms with van der Waals surface area (Å²) in [7, 11) is 1.92. The van der Waals surface area contributed by atoms with Crippen LogP contribution in [-0.4, -0.2) is 34.6 Å². The lowest BCUT2D eigenvalue weighted by Gasteiger charge is -2.22. The van der Waals surface area contributed by atoms with E-state index in [9.17, 15) is 4.79 Å². The lowest BCUT2D eigenvalue weighted by molar-refractivity contribution is 0.0690. The van der Waals surface area contributed by atoms with Crippen LogP contribution in [0.25, 0.3) is 0 Å². The number of carboxylic acids is 1. The van der Waals surface area contributed by atoms with Gasteiger partial charge in [-0.3, -0.25) is 0 Å². The third-order valence-electron chi connectivity index (χ3n) is 3.16. The molecule has 0 aliphatic carbocycles. The van der Waals surface area contributed by atoms with Gasteiger partial charge in [0, 0.05) is 13.6 Å². The van der Waals surface area contributed by atoms with Crippen molar-refractivity contribution in [2.24, 2.45) is 0 Å². The molecule has 0 aliphatic heterocycles. The van der Waals surface area contributed by atoms with E-state index in [0.29, 0.717) is 11.7 Å². The molecule has 1 atom stereocenters. The summed E-state index contributed by atoms with van der Waals surface area (Å²) >= 11 is 0. The Morgan fingerprint density at radius 3 is 2.50 bits per heavy atom. The number of benzene rings is 1. The minimum Gasteiger partial charge on any atom is -0.476 e. The zero-order valence-corrected chi connectivity index (χ0v) is 11.5. The van der Waals surface area contributed by atoms with Gasteiger partial charge in [0.05, 0.1) is 12.4 Å². The van der Waals surface area contributed by atoms with Crippen LogP contribution < -0.4 is 4.90 Å². The largest absolute Gasteiger partial charge is 0.476 e. The Morgan fingerprint density at radius 1 is 1.25 bits per heavy atom. The molecular weight excluding hydrogens is 254 g/mol. The zero-order valence-electron chi connectivity index (χ0n) is 11.5. The minimum atomic E-state index is -1.07. The van der Waals surface area contributed by atoms with E-state index < -0.39 is 5.97 Å². The average Bonchev–Trinajstić information content (AvgIpc) is 2.48. The number of hydrogen-bond donors (Lipinski definition) is 1. The highest BCUT2D eigenvalue weighted by molar-refractivity contribution is 5.84. The summed E-state index contributed by atoms with van der Waals surface area (Å²) < 4.78 is 0. The molecule has 0 spiro atoms. The molecule has 0 amide bonds. The maximum atomic E-state index is 10.7. The van der Waals surface area contributed by atoms with Crippen LogP contribution in [0, 0.1) is 0 Å². The van der Waals surface area contributed by atoms with Crippen molar-refractivity contribution in [2.45, 2.75) is 12.8 Å². The molecule has 0 aliphatic rings. The van der Waals surface area contributed by atoms with Crippen LogP contribution in [0.4, 0.5) is 5.82 Å². The first kappa shape index (κ1) is 14.0. The van der Waals surface area contributed by atoms with Crippen molar-refractivity contribution >= 4 is 11.8 Å². The fraction of sp³-hybridized carbons (Fsp3) is 0.267. The third kappa shape index (κ3) is 3.32. The van der Waals surface area contributed by atoms with E-state index in [0.717, 1.165) is 6.54 Å². The Hall–Kier alpha value is -2.43. The van der Waals surface area contributed by atoms with Crippen LogP contribution in [0.15, 0.2) is 42.7 Å². The summed E-state index contributed by atoms with van der Waals surface area (Å²) in [6.07, 6.45) is 2.77. The molecule has 5 heteroatoms. The van der Waals surface area contributed by atoms with Crippen molar-refractivity contribution < 1.29 is 9.90 Å². The van der Waals surface area contributed by atoms with Crippen LogP contribution in [0.1, 0.15) is 28.9 Å². The molecule has 20 heavy (non-hydrogen) atoms. The predicted octanol–water partition coefficient (Wildman–Crippen LogP) is 2.41. The maximum Gasteiger partial charge on any atom is 0.356 e. The van der Waals surface area contributed by atoms with Gasteiger partial charge in [0.2, 0.25) is 0 Å². The van der Waals surface area contributed by atoms with Gasteiger partial charge < -0.3 is 10.0 Å². The smallest absolute Gasteiger partial charge is 0.356 e. The van der Waals surface area contributed by atoms with Crippen molar-refractivity contribution in [3.63, 3.8) is 0 Å². The molecule has 0 radical (unpaired) electrons. The van der Waals surface area contributed by atoms with Gasteiger partial charge in [0.15, 0.2) is 5.69 Å². The molecular formula is C15H17N3O2. The lowest BCUT2D eigenvalue weighted by Crippen LogP contribution is -2.24. The summed E-state index contributed by atoms with van der Waals surface area (Å²) in [6.45, 7) is 2.93. The molecule has 5 nitrogen and oxygen atoms in total. The minimum absolute atomic E-state index is 0.0433. The zero-order chi connectivity index (χ0) is 14.5. The van der Waals surface area contributed by atoms with Crippen molar-refractivity contribution in [1.29, 1.82) is 0 Å². The summed E-state index contributed by atoms with van der Waals surface area (Å²) in [6, 6.07) is 10.2. The fourth-order valence-corrected chi connectivity index (χ4v) is 2.02. The fourth-order valence-electron chi connectivity index (χ4n) is 2.02. The monoisotopic (exact) mass is 271 g/mol. The van der Waals surface area contributed by atoms with Crippen molar-refractivity contribution in [3.8, 4) is 0 Å². The topological polar surface area (TPSA) is 66.3 Å². The van der Waals surface area contributed by atoms with E-state index >= 15 is 0 Å². The summed E-state index contributed by atoms with van der Waals surface area (Å²) in [4.78, 5) is 20.7. The Morgan fingerprint density at radius 2 is 1.95 bits per heavy atom. The Kier molecular flexibility index (Phi) is 4.30. The Bertz CT molecular complexity index is 569. The van der Waals surface area contributed by atoms with E-state index in [1.807, 2.05) is 30.1 Å². The molecule has 0 saturated carbocycles. The first-order chi connectivity index (χ1) is 9.58. The third-order valence-corrected chi connectivity index (χ3v) is 3.16. The number of carbonyl (C=O) groups is 1. The van der Waals surface area contributed by atoms with Gasteiger partial charge in [-0.1, -0.05) is 37.3 Å².